The molecule has 0 aliphatic heterocycles. The predicted molar refractivity (Wildman–Crippen MR) is 79.7 cm³/mol. The summed E-state index contributed by atoms with van der Waals surface area (Å²) >= 11 is 3.06. The lowest BCUT2D eigenvalue weighted by Gasteiger charge is -2.07. The number of halogens is 2. The van der Waals surface area contributed by atoms with Gasteiger partial charge in [0.2, 0.25) is 0 Å². The number of carbonyl (C=O) groups is 1. The van der Waals surface area contributed by atoms with Gasteiger partial charge in [0.15, 0.2) is 0 Å². The third-order valence-corrected chi connectivity index (χ3v) is 3.21. The molecule has 0 saturated heterocycles. The van der Waals surface area contributed by atoms with Crippen LogP contribution in [0, 0.1) is 5.82 Å². The van der Waals surface area contributed by atoms with Crippen molar-refractivity contribution < 1.29 is 13.9 Å². The minimum absolute atomic E-state index is 0.261. The van der Waals surface area contributed by atoms with E-state index in [0.717, 1.165) is 5.75 Å². The maximum absolute atomic E-state index is 13.1. The highest BCUT2D eigenvalue weighted by atomic mass is 79.9. The molecule has 5 heteroatoms. The first-order valence-electron chi connectivity index (χ1n) is 6.09. The Morgan fingerprint density at radius 3 is 2.55 bits per heavy atom. The number of hydrogen-bond donors (Lipinski definition) is 1. The van der Waals surface area contributed by atoms with Crippen molar-refractivity contribution in [2.45, 2.75) is 6.92 Å². The van der Waals surface area contributed by atoms with E-state index in [0.29, 0.717) is 17.9 Å². The van der Waals surface area contributed by atoms with Crippen LogP contribution in [0.2, 0.25) is 0 Å². The van der Waals surface area contributed by atoms with Crippen LogP contribution in [0.3, 0.4) is 0 Å². The predicted octanol–water partition coefficient (Wildman–Crippen LogP) is 4.24. The lowest BCUT2D eigenvalue weighted by molar-refractivity contribution is 0.102. The van der Waals surface area contributed by atoms with E-state index in [1.165, 1.54) is 18.2 Å². The maximum Gasteiger partial charge on any atom is 0.255 e. The summed E-state index contributed by atoms with van der Waals surface area (Å²) in [6.45, 7) is 2.50. The Morgan fingerprint density at radius 1 is 1.25 bits per heavy atom. The van der Waals surface area contributed by atoms with Gasteiger partial charge in [-0.3, -0.25) is 4.79 Å². The van der Waals surface area contributed by atoms with Crippen LogP contribution in [-0.4, -0.2) is 12.5 Å². The minimum atomic E-state index is -0.400. The first-order chi connectivity index (χ1) is 9.60. The smallest absolute Gasteiger partial charge is 0.255 e. The fourth-order valence-electron chi connectivity index (χ4n) is 1.64. The second-order valence-corrected chi connectivity index (χ2v) is 4.89. The Kier molecular flexibility index (Phi) is 4.74. The van der Waals surface area contributed by atoms with E-state index in [4.69, 9.17) is 4.74 Å². The fraction of sp³-hybridized carbons (Fsp3) is 0.133. The zero-order chi connectivity index (χ0) is 14.5. The summed E-state index contributed by atoms with van der Waals surface area (Å²) in [5, 5.41) is 2.74. The Bertz CT molecular complexity index is 614. The van der Waals surface area contributed by atoms with E-state index in [1.807, 2.05) is 6.92 Å². The van der Waals surface area contributed by atoms with Crippen molar-refractivity contribution in [1.82, 2.24) is 0 Å². The number of ether oxygens (including phenoxy) is 1. The lowest BCUT2D eigenvalue weighted by atomic mass is 10.2. The number of rotatable bonds is 4. The zero-order valence-electron chi connectivity index (χ0n) is 10.8. The Hall–Kier alpha value is -1.88. The molecule has 3 nitrogen and oxygen atoms in total. The molecule has 0 fully saturated rings. The molecule has 1 N–H and O–H groups in total. The van der Waals surface area contributed by atoms with Crippen molar-refractivity contribution >= 4 is 27.5 Å². The normalized spacial score (nSPS) is 10.2. The molecule has 1 amide bonds. The quantitative estimate of drug-likeness (QED) is 0.906. The van der Waals surface area contributed by atoms with Crippen molar-refractivity contribution in [2.24, 2.45) is 0 Å². The summed E-state index contributed by atoms with van der Waals surface area (Å²) in [7, 11) is 0. The lowest BCUT2D eigenvalue weighted by Crippen LogP contribution is -2.11. The molecule has 0 radical (unpaired) electrons. The maximum atomic E-state index is 13.1. The molecule has 0 aliphatic rings. The summed E-state index contributed by atoms with van der Waals surface area (Å²) in [6, 6.07) is 11.2. The zero-order valence-corrected chi connectivity index (χ0v) is 12.4. The van der Waals surface area contributed by atoms with Crippen molar-refractivity contribution in [3.05, 3.63) is 58.3 Å². The fourth-order valence-corrected chi connectivity index (χ4v) is 2.02. The summed E-state index contributed by atoms with van der Waals surface area (Å²) in [5.41, 5.74) is 1.03. The number of amides is 1. The summed E-state index contributed by atoms with van der Waals surface area (Å²) in [4.78, 5) is 12.0. The van der Waals surface area contributed by atoms with Crippen LogP contribution in [-0.2, 0) is 0 Å². The molecule has 0 spiro atoms. The molecule has 0 atom stereocenters. The van der Waals surface area contributed by atoms with Crippen LogP contribution in [0.25, 0.3) is 0 Å². The van der Waals surface area contributed by atoms with Crippen LogP contribution in [0.5, 0.6) is 5.75 Å². The minimum Gasteiger partial charge on any atom is -0.494 e. The van der Waals surface area contributed by atoms with Crippen molar-refractivity contribution in [3.8, 4) is 5.75 Å². The molecular formula is C15H13BrFNO2. The van der Waals surface area contributed by atoms with Crippen LogP contribution < -0.4 is 10.1 Å². The van der Waals surface area contributed by atoms with Crippen molar-refractivity contribution in [2.75, 3.05) is 11.9 Å². The molecule has 20 heavy (non-hydrogen) atoms. The molecule has 0 heterocycles. The monoisotopic (exact) mass is 337 g/mol. The number of anilines is 1. The second-order valence-electron chi connectivity index (χ2n) is 4.04. The van der Waals surface area contributed by atoms with Gasteiger partial charge in [-0.1, -0.05) is 0 Å². The highest BCUT2D eigenvalue weighted by Gasteiger charge is 2.08. The topological polar surface area (TPSA) is 38.3 Å². The first-order valence-corrected chi connectivity index (χ1v) is 6.88. The number of carbonyl (C=O) groups excluding carboxylic acids is 1. The van der Waals surface area contributed by atoms with Gasteiger partial charge in [0.25, 0.3) is 5.91 Å². The van der Waals surface area contributed by atoms with Gasteiger partial charge in [-0.25, -0.2) is 4.39 Å². The molecule has 0 saturated carbocycles. The molecule has 2 aromatic carbocycles. The first kappa shape index (κ1) is 14.5. The van der Waals surface area contributed by atoms with Crippen LogP contribution in [0.15, 0.2) is 46.9 Å². The van der Waals surface area contributed by atoms with Crippen molar-refractivity contribution in [3.63, 3.8) is 0 Å². The van der Waals surface area contributed by atoms with E-state index < -0.39 is 5.82 Å². The van der Waals surface area contributed by atoms with E-state index in [2.05, 4.69) is 21.2 Å². The van der Waals surface area contributed by atoms with Gasteiger partial charge < -0.3 is 10.1 Å². The van der Waals surface area contributed by atoms with Gasteiger partial charge in [0.05, 0.1) is 11.1 Å². The molecule has 0 bridgehead atoms. The summed E-state index contributed by atoms with van der Waals surface area (Å²) in [5.74, 6) is 0.0486. The number of nitrogens with one attached hydrogen (secondary N) is 1. The van der Waals surface area contributed by atoms with Crippen LogP contribution in [0.4, 0.5) is 10.1 Å². The molecule has 2 aromatic rings. The Labute approximate surface area is 124 Å². The van der Waals surface area contributed by atoms with Gasteiger partial charge in [0, 0.05) is 11.3 Å². The number of benzene rings is 2. The third kappa shape index (κ3) is 3.57. The average molecular weight is 338 g/mol. The van der Waals surface area contributed by atoms with E-state index in [9.17, 15) is 9.18 Å². The molecule has 0 aliphatic carbocycles. The van der Waals surface area contributed by atoms with Crippen LogP contribution in [0.1, 0.15) is 17.3 Å². The molecule has 104 valence electrons. The Morgan fingerprint density at radius 2 is 1.95 bits per heavy atom. The van der Waals surface area contributed by atoms with Gasteiger partial charge in [0.1, 0.15) is 11.6 Å². The summed E-state index contributed by atoms with van der Waals surface area (Å²) < 4.78 is 18.7. The largest absolute Gasteiger partial charge is 0.494 e. The van der Waals surface area contributed by atoms with E-state index in [-0.39, 0.29) is 10.4 Å². The van der Waals surface area contributed by atoms with Crippen molar-refractivity contribution in [1.29, 1.82) is 0 Å². The van der Waals surface area contributed by atoms with Crippen LogP contribution >= 0.6 is 15.9 Å². The van der Waals surface area contributed by atoms with E-state index in [1.54, 1.807) is 24.3 Å². The van der Waals surface area contributed by atoms with Gasteiger partial charge in [-0.2, -0.15) is 0 Å². The molecule has 0 unspecified atom stereocenters. The molecule has 0 aromatic heterocycles. The standard InChI is InChI=1S/C15H13BrFNO2/c1-2-20-12-6-4-11(5-7-12)18-15(19)10-3-8-14(17)13(16)9-10/h3-9H,2H2,1H3,(H,18,19). The van der Waals surface area contributed by atoms with Gasteiger partial charge in [-0.15, -0.1) is 0 Å². The Balaban J connectivity index is 2.08. The third-order valence-electron chi connectivity index (χ3n) is 2.60. The highest BCUT2D eigenvalue weighted by Crippen LogP contribution is 2.19. The second kappa shape index (κ2) is 6.52. The molecular weight excluding hydrogens is 325 g/mol. The average Bonchev–Trinajstić information content (AvgIpc) is 2.44. The summed E-state index contributed by atoms with van der Waals surface area (Å²) in [6.07, 6.45) is 0. The molecule has 2 rings (SSSR count). The van der Waals surface area contributed by atoms with Gasteiger partial charge in [-0.05, 0) is 65.3 Å². The van der Waals surface area contributed by atoms with E-state index >= 15 is 0 Å². The SMILES string of the molecule is CCOc1ccc(NC(=O)c2ccc(F)c(Br)c2)cc1. The highest BCUT2D eigenvalue weighted by molar-refractivity contribution is 9.10. The van der Waals surface area contributed by atoms with Gasteiger partial charge >= 0.3 is 0 Å². The number of hydrogen-bond acceptors (Lipinski definition) is 2.